The average molecular weight is 601 g/mol. The van der Waals surface area contributed by atoms with Crippen molar-refractivity contribution in [3.05, 3.63) is 94.5 Å². The summed E-state index contributed by atoms with van der Waals surface area (Å²) >= 11 is 1.52. The molecule has 0 fully saturated rings. The van der Waals surface area contributed by atoms with Gasteiger partial charge < -0.3 is 9.80 Å². The lowest BCUT2D eigenvalue weighted by Gasteiger charge is -2.32. The number of hydrogen-bond acceptors (Lipinski definition) is 3. The van der Waals surface area contributed by atoms with Crippen LogP contribution in [0.15, 0.2) is 66.7 Å². The first kappa shape index (κ1) is 32.0. The van der Waals surface area contributed by atoms with Crippen LogP contribution < -0.4 is 9.80 Å². The first-order chi connectivity index (χ1) is 19.0. The molecule has 4 nitrogen and oxygen atoms in total. The van der Waals surface area contributed by atoms with Gasteiger partial charge in [-0.1, -0.05) is 36.4 Å². The van der Waals surface area contributed by atoms with Crippen LogP contribution in [0.4, 0.5) is 42.1 Å². The van der Waals surface area contributed by atoms with Gasteiger partial charge in [-0.2, -0.15) is 38.1 Å². The number of anilines is 2. The van der Waals surface area contributed by atoms with Crippen molar-refractivity contribution >= 4 is 35.0 Å². The van der Waals surface area contributed by atoms with Gasteiger partial charge in [-0.05, 0) is 61.6 Å². The lowest BCUT2D eigenvalue weighted by Crippen LogP contribution is -2.50. The van der Waals surface area contributed by atoms with Gasteiger partial charge in [-0.15, -0.1) is 0 Å². The highest BCUT2D eigenvalue weighted by molar-refractivity contribution is 7.98. The zero-order valence-electron chi connectivity index (χ0n) is 22.5. The predicted molar refractivity (Wildman–Crippen MR) is 146 cm³/mol. The molecule has 0 aromatic heterocycles. The third-order valence-electron chi connectivity index (χ3n) is 6.50. The Morgan fingerprint density at radius 3 is 1.80 bits per heavy atom. The fourth-order valence-electron chi connectivity index (χ4n) is 4.54. The molecule has 0 N–H and O–H groups in total. The number of carbonyl (C=O) groups excluding carboxylic acids is 2. The molecule has 0 bridgehead atoms. The molecule has 0 unspecified atom stereocenters. The molecule has 220 valence electrons. The zero-order chi connectivity index (χ0) is 30.8. The number of nitrogens with zero attached hydrogens (tertiary/aromatic N) is 2. The van der Waals surface area contributed by atoms with Crippen molar-refractivity contribution in [3.63, 3.8) is 0 Å². The molecule has 0 saturated heterocycles. The molecule has 0 aliphatic heterocycles. The maximum atomic E-state index is 14.7. The largest absolute Gasteiger partial charge is 0.435 e. The maximum Gasteiger partial charge on any atom is 0.435 e. The van der Waals surface area contributed by atoms with E-state index in [0.29, 0.717) is 35.7 Å². The van der Waals surface area contributed by atoms with E-state index in [1.165, 1.54) is 49.7 Å². The van der Waals surface area contributed by atoms with Crippen molar-refractivity contribution in [3.8, 4) is 0 Å². The SMILES string of the molecule is CSCCN(C(=O)c1ccccc1)c1cccc(C(=O)N(C)c2c(C)cc(C(F)(C(F)(F)F)C(F)(F)F)cc2C)c1. The lowest BCUT2D eigenvalue weighted by molar-refractivity contribution is -0.348. The van der Waals surface area contributed by atoms with Crippen LogP contribution in [0.25, 0.3) is 0 Å². The average Bonchev–Trinajstić information content (AvgIpc) is 2.91. The van der Waals surface area contributed by atoms with Crippen LogP contribution in [0, 0.1) is 13.8 Å². The lowest BCUT2D eigenvalue weighted by atomic mass is 9.90. The van der Waals surface area contributed by atoms with Crippen molar-refractivity contribution in [2.45, 2.75) is 31.9 Å². The van der Waals surface area contributed by atoms with E-state index in [1.807, 2.05) is 6.26 Å². The van der Waals surface area contributed by atoms with Crippen LogP contribution >= 0.6 is 11.8 Å². The summed E-state index contributed by atoms with van der Waals surface area (Å²) in [5, 5.41) is 0. The van der Waals surface area contributed by atoms with E-state index in [0.717, 1.165) is 4.90 Å². The molecule has 3 rings (SSSR count). The van der Waals surface area contributed by atoms with E-state index in [2.05, 4.69) is 0 Å². The van der Waals surface area contributed by atoms with E-state index in [9.17, 15) is 40.3 Å². The summed E-state index contributed by atoms with van der Waals surface area (Å²) in [6, 6.07) is 15.6. The Morgan fingerprint density at radius 2 is 1.29 bits per heavy atom. The molecule has 12 heteroatoms. The minimum Gasteiger partial charge on any atom is -0.311 e. The van der Waals surface area contributed by atoms with Crippen LogP contribution in [-0.2, 0) is 5.67 Å². The number of aryl methyl sites for hydroxylation is 2. The number of thioether (sulfide) groups is 1. The number of hydrogen-bond donors (Lipinski definition) is 0. The van der Waals surface area contributed by atoms with Crippen molar-refractivity contribution in [1.82, 2.24) is 0 Å². The summed E-state index contributed by atoms with van der Waals surface area (Å²) in [6.45, 7) is 2.73. The highest BCUT2D eigenvalue weighted by Gasteiger charge is 2.73. The van der Waals surface area contributed by atoms with Gasteiger partial charge in [0.2, 0.25) is 0 Å². The third-order valence-corrected chi connectivity index (χ3v) is 7.09. The first-order valence-electron chi connectivity index (χ1n) is 12.2. The van der Waals surface area contributed by atoms with Crippen molar-refractivity contribution < 1.29 is 40.3 Å². The number of alkyl halides is 7. The molecule has 3 aromatic rings. The van der Waals surface area contributed by atoms with Gasteiger partial charge in [0.1, 0.15) is 0 Å². The number of halogens is 7. The fraction of sp³-hybridized carbons (Fsp3) is 0.310. The van der Waals surface area contributed by atoms with Gasteiger partial charge in [-0.25, -0.2) is 4.39 Å². The summed E-state index contributed by atoms with van der Waals surface area (Å²) in [4.78, 5) is 29.3. The quantitative estimate of drug-likeness (QED) is 0.247. The van der Waals surface area contributed by atoms with Gasteiger partial charge >= 0.3 is 18.0 Å². The second-order valence-electron chi connectivity index (χ2n) is 9.34. The van der Waals surface area contributed by atoms with Crippen molar-refractivity contribution in [1.29, 1.82) is 0 Å². The third kappa shape index (κ3) is 6.37. The van der Waals surface area contributed by atoms with Crippen molar-refractivity contribution in [2.24, 2.45) is 0 Å². The molecule has 0 spiro atoms. The smallest absolute Gasteiger partial charge is 0.311 e. The topological polar surface area (TPSA) is 40.6 Å². The summed E-state index contributed by atoms with van der Waals surface area (Å²) in [5.74, 6) is -0.322. The standard InChI is InChI=1S/C29H27F7N2O2S/c1-18-15-22(27(30,28(31,32)33)29(34,35)36)16-19(2)24(18)37(3)25(39)21-11-8-12-23(17-21)38(13-14-41-4)26(40)20-9-6-5-7-10-20/h5-12,15-17H,13-14H2,1-4H3. The summed E-state index contributed by atoms with van der Waals surface area (Å²) in [5.41, 5.74) is -6.53. The monoisotopic (exact) mass is 600 g/mol. The molecule has 41 heavy (non-hydrogen) atoms. The Morgan fingerprint density at radius 1 is 0.756 bits per heavy atom. The number of benzene rings is 3. The Bertz CT molecular complexity index is 1370. The Labute approximate surface area is 237 Å². The first-order valence-corrected chi connectivity index (χ1v) is 13.6. The Hall–Kier alpha value is -3.54. The van der Waals surface area contributed by atoms with E-state index < -0.39 is 29.5 Å². The molecule has 0 aliphatic carbocycles. The molecule has 2 amide bonds. The minimum atomic E-state index is -6.26. The molecule has 0 atom stereocenters. The maximum absolute atomic E-state index is 14.7. The van der Waals surface area contributed by atoms with Crippen LogP contribution in [-0.4, -0.2) is 49.8 Å². The number of carbonyl (C=O) groups is 2. The van der Waals surface area contributed by atoms with E-state index >= 15 is 0 Å². The number of rotatable bonds is 8. The minimum absolute atomic E-state index is 0.0236. The summed E-state index contributed by atoms with van der Waals surface area (Å²) in [6.07, 6.45) is -10.6. The van der Waals surface area contributed by atoms with Crippen LogP contribution in [0.1, 0.15) is 37.4 Å². The molecule has 0 heterocycles. The summed E-state index contributed by atoms with van der Waals surface area (Å²) < 4.78 is 94.6. The van der Waals surface area contributed by atoms with Gasteiger partial charge in [0, 0.05) is 47.4 Å². The number of amides is 2. The van der Waals surface area contributed by atoms with E-state index in [-0.39, 0.29) is 28.3 Å². The highest BCUT2D eigenvalue weighted by Crippen LogP contribution is 2.54. The van der Waals surface area contributed by atoms with E-state index in [4.69, 9.17) is 0 Å². The molecule has 0 aliphatic rings. The van der Waals surface area contributed by atoms with Crippen LogP contribution in [0.3, 0.4) is 0 Å². The Kier molecular flexibility index (Phi) is 9.47. The van der Waals surface area contributed by atoms with Crippen LogP contribution in [0.2, 0.25) is 0 Å². The molecule has 0 radical (unpaired) electrons. The normalized spacial score (nSPS) is 12.3. The van der Waals surface area contributed by atoms with Gasteiger partial charge in [0.15, 0.2) is 0 Å². The predicted octanol–water partition coefficient (Wildman–Crippen LogP) is 7.88. The second kappa shape index (κ2) is 12.1. The van der Waals surface area contributed by atoms with Gasteiger partial charge in [-0.3, -0.25) is 9.59 Å². The molecular weight excluding hydrogens is 573 g/mol. The second-order valence-corrected chi connectivity index (χ2v) is 10.3. The van der Waals surface area contributed by atoms with Crippen molar-refractivity contribution in [2.75, 3.05) is 35.4 Å². The molecular formula is C29H27F7N2O2S. The molecule has 3 aromatic carbocycles. The Balaban J connectivity index is 2.00. The van der Waals surface area contributed by atoms with Crippen LogP contribution in [0.5, 0.6) is 0 Å². The fourth-order valence-corrected chi connectivity index (χ4v) is 4.91. The zero-order valence-corrected chi connectivity index (χ0v) is 23.3. The molecule has 0 saturated carbocycles. The highest BCUT2D eigenvalue weighted by atomic mass is 32.2. The summed E-state index contributed by atoms with van der Waals surface area (Å²) in [7, 11) is 1.31. The van der Waals surface area contributed by atoms with E-state index in [1.54, 1.807) is 42.5 Å². The van der Waals surface area contributed by atoms with Gasteiger partial charge in [0.05, 0.1) is 0 Å². The van der Waals surface area contributed by atoms with Gasteiger partial charge in [0.25, 0.3) is 11.8 Å².